The molecule has 30 heavy (non-hydrogen) atoms. The van der Waals surface area contributed by atoms with Gasteiger partial charge in [0.05, 0.1) is 37.8 Å². The third-order valence-electron chi connectivity index (χ3n) is 4.44. The summed E-state index contributed by atoms with van der Waals surface area (Å²) in [7, 11) is -4.41. The van der Waals surface area contributed by atoms with Crippen molar-refractivity contribution < 1.29 is 31.4 Å². The summed E-state index contributed by atoms with van der Waals surface area (Å²) in [6, 6.07) is 5.42. The molecule has 1 heterocycles. The first-order valence-electron chi connectivity index (χ1n) is 9.60. The molecule has 1 N–H and O–H groups in total. The number of ether oxygens (including phenoxy) is 3. The molecule has 10 heteroatoms. The SMILES string of the molecule is CCOc1cc(N2CCOCC2)c(OCC)cc1NS(=O)(=O)c1cc(F)ccc1F. The summed E-state index contributed by atoms with van der Waals surface area (Å²) < 4.78 is 72.1. The zero-order chi connectivity index (χ0) is 21.7. The van der Waals surface area contributed by atoms with E-state index in [9.17, 15) is 17.2 Å². The predicted octanol–water partition coefficient (Wildman–Crippen LogP) is 3.40. The Bertz CT molecular complexity index is 995. The monoisotopic (exact) mass is 442 g/mol. The number of rotatable bonds is 8. The molecule has 0 atom stereocenters. The lowest BCUT2D eigenvalue weighted by Gasteiger charge is -2.31. The van der Waals surface area contributed by atoms with Crippen molar-refractivity contribution in [3.8, 4) is 11.5 Å². The molecule has 0 aromatic heterocycles. The lowest BCUT2D eigenvalue weighted by molar-refractivity contribution is 0.122. The van der Waals surface area contributed by atoms with Gasteiger partial charge in [-0.1, -0.05) is 0 Å². The van der Waals surface area contributed by atoms with Crippen LogP contribution in [0.2, 0.25) is 0 Å². The molecule has 7 nitrogen and oxygen atoms in total. The van der Waals surface area contributed by atoms with Crippen molar-refractivity contribution in [1.29, 1.82) is 0 Å². The van der Waals surface area contributed by atoms with Gasteiger partial charge in [-0.2, -0.15) is 0 Å². The third-order valence-corrected chi connectivity index (χ3v) is 5.82. The fraction of sp³-hybridized carbons (Fsp3) is 0.400. The standard InChI is InChI=1S/C20H24F2N2O5S/c1-3-28-18-13-17(24-7-9-27-10-8-24)19(29-4-2)12-16(18)23-30(25,26)20-11-14(21)5-6-15(20)22/h5-6,11-13,23H,3-4,7-10H2,1-2H3. The van der Waals surface area contributed by atoms with Crippen molar-refractivity contribution in [2.24, 2.45) is 0 Å². The van der Waals surface area contributed by atoms with Crippen molar-refractivity contribution >= 4 is 21.4 Å². The molecule has 0 saturated carbocycles. The summed E-state index contributed by atoms with van der Waals surface area (Å²) in [5.41, 5.74) is 0.810. The van der Waals surface area contributed by atoms with Gasteiger partial charge >= 0.3 is 0 Å². The molecule has 2 aromatic carbocycles. The van der Waals surface area contributed by atoms with Crippen LogP contribution in [0.5, 0.6) is 11.5 Å². The van der Waals surface area contributed by atoms with Crippen LogP contribution in [0, 0.1) is 11.6 Å². The third kappa shape index (κ3) is 4.93. The second kappa shape index (κ2) is 9.48. The molecule has 0 spiro atoms. The number of halogens is 2. The van der Waals surface area contributed by atoms with E-state index in [0.29, 0.717) is 44.7 Å². The van der Waals surface area contributed by atoms with E-state index in [4.69, 9.17) is 14.2 Å². The van der Waals surface area contributed by atoms with Crippen LogP contribution in [0.1, 0.15) is 13.8 Å². The van der Waals surface area contributed by atoms with Crippen LogP contribution < -0.4 is 19.1 Å². The molecule has 0 bridgehead atoms. The van der Waals surface area contributed by atoms with E-state index in [2.05, 4.69) is 9.62 Å². The average molecular weight is 442 g/mol. The highest BCUT2D eigenvalue weighted by Gasteiger charge is 2.25. The van der Waals surface area contributed by atoms with Gasteiger partial charge in [0.2, 0.25) is 0 Å². The Morgan fingerprint density at radius 3 is 2.37 bits per heavy atom. The summed E-state index contributed by atoms with van der Waals surface area (Å²) in [5, 5.41) is 0. The number of nitrogens with one attached hydrogen (secondary N) is 1. The maximum absolute atomic E-state index is 14.1. The quantitative estimate of drug-likeness (QED) is 0.675. The molecule has 164 valence electrons. The van der Waals surface area contributed by atoms with E-state index < -0.39 is 26.6 Å². The highest BCUT2D eigenvalue weighted by molar-refractivity contribution is 7.92. The van der Waals surface area contributed by atoms with Gasteiger partial charge in [0.15, 0.2) is 0 Å². The van der Waals surface area contributed by atoms with Crippen LogP contribution in [0.25, 0.3) is 0 Å². The van der Waals surface area contributed by atoms with Gasteiger partial charge in [0, 0.05) is 25.2 Å². The van der Waals surface area contributed by atoms with Crippen molar-refractivity contribution in [3.05, 3.63) is 42.0 Å². The molecule has 1 aliphatic heterocycles. The highest BCUT2D eigenvalue weighted by Crippen LogP contribution is 2.40. The molecule has 0 radical (unpaired) electrons. The molecule has 1 aliphatic rings. The Morgan fingerprint density at radius 2 is 1.70 bits per heavy atom. The Labute approximate surface area is 174 Å². The smallest absolute Gasteiger partial charge is 0.265 e. The van der Waals surface area contributed by atoms with Gasteiger partial charge in [0.25, 0.3) is 10.0 Å². The van der Waals surface area contributed by atoms with E-state index in [1.165, 1.54) is 6.07 Å². The molecule has 3 rings (SSSR count). The predicted molar refractivity (Wildman–Crippen MR) is 109 cm³/mol. The zero-order valence-electron chi connectivity index (χ0n) is 16.8. The normalized spacial score (nSPS) is 14.5. The number of hydrogen-bond donors (Lipinski definition) is 1. The number of sulfonamides is 1. The topological polar surface area (TPSA) is 77.1 Å². The number of anilines is 2. The molecule has 0 amide bonds. The lowest BCUT2D eigenvalue weighted by atomic mass is 10.2. The number of benzene rings is 2. The van der Waals surface area contributed by atoms with Crippen LogP contribution >= 0.6 is 0 Å². The first-order valence-corrected chi connectivity index (χ1v) is 11.1. The minimum atomic E-state index is -4.41. The van der Waals surface area contributed by atoms with Crippen LogP contribution in [0.4, 0.5) is 20.2 Å². The second-order valence-electron chi connectivity index (χ2n) is 6.46. The van der Waals surface area contributed by atoms with Crippen molar-refractivity contribution in [2.45, 2.75) is 18.7 Å². The van der Waals surface area contributed by atoms with Crippen LogP contribution in [0.15, 0.2) is 35.2 Å². The molecular formula is C20H24F2N2O5S. The molecular weight excluding hydrogens is 418 g/mol. The summed E-state index contributed by atoms with van der Waals surface area (Å²) in [4.78, 5) is 1.27. The maximum atomic E-state index is 14.1. The first-order chi connectivity index (χ1) is 14.4. The fourth-order valence-corrected chi connectivity index (χ4v) is 4.26. The zero-order valence-corrected chi connectivity index (χ0v) is 17.6. The highest BCUT2D eigenvalue weighted by atomic mass is 32.2. The van der Waals surface area contributed by atoms with E-state index in [1.807, 2.05) is 6.92 Å². The van der Waals surface area contributed by atoms with Crippen molar-refractivity contribution in [3.63, 3.8) is 0 Å². The molecule has 1 saturated heterocycles. The summed E-state index contributed by atoms with van der Waals surface area (Å²) in [5.74, 6) is -1.22. The van der Waals surface area contributed by atoms with Gasteiger partial charge in [-0.05, 0) is 32.0 Å². The summed E-state index contributed by atoms with van der Waals surface area (Å²) >= 11 is 0. The van der Waals surface area contributed by atoms with E-state index in [-0.39, 0.29) is 18.0 Å². The first kappa shape index (κ1) is 22.1. The van der Waals surface area contributed by atoms with Gasteiger partial charge in [-0.15, -0.1) is 0 Å². The van der Waals surface area contributed by atoms with E-state index >= 15 is 0 Å². The summed E-state index contributed by atoms with van der Waals surface area (Å²) in [6.07, 6.45) is 0. The molecule has 0 aliphatic carbocycles. The number of hydrogen-bond acceptors (Lipinski definition) is 6. The van der Waals surface area contributed by atoms with Crippen LogP contribution in [-0.2, 0) is 14.8 Å². The maximum Gasteiger partial charge on any atom is 0.265 e. The average Bonchev–Trinajstić information content (AvgIpc) is 2.72. The molecule has 0 unspecified atom stereocenters. The van der Waals surface area contributed by atoms with Crippen molar-refractivity contribution in [2.75, 3.05) is 49.1 Å². The largest absolute Gasteiger partial charge is 0.492 e. The Hall–Kier alpha value is -2.59. The number of nitrogens with zero attached hydrogens (tertiary/aromatic N) is 1. The fourth-order valence-electron chi connectivity index (χ4n) is 3.11. The van der Waals surface area contributed by atoms with Crippen molar-refractivity contribution in [1.82, 2.24) is 0 Å². The Balaban J connectivity index is 2.04. The van der Waals surface area contributed by atoms with Gasteiger partial charge < -0.3 is 19.1 Å². The number of morpholine rings is 1. The van der Waals surface area contributed by atoms with Gasteiger partial charge in [-0.3, -0.25) is 4.72 Å². The minimum absolute atomic E-state index is 0.0703. The molecule has 1 fully saturated rings. The Kier molecular flexibility index (Phi) is 6.99. The van der Waals surface area contributed by atoms with Crippen LogP contribution in [0.3, 0.4) is 0 Å². The van der Waals surface area contributed by atoms with Gasteiger partial charge in [-0.25, -0.2) is 17.2 Å². The lowest BCUT2D eigenvalue weighted by Crippen LogP contribution is -2.36. The van der Waals surface area contributed by atoms with Crippen LogP contribution in [-0.4, -0.2) is 47.9 Å². The van der Waals surface area contributed by atoms with E-state index in [1.54, 1.807) is 13.0 Å². The minimum Gasteiger partial charge on any atom is -0.492 e. The van der Waals surface area contributed by atoms with E-state index in [0.717, 1.165) is 17.8 Å². The second-order valence-corrected chi connectivity index (χ2v) is 8.11. The summed E-state index contributed by atoms with van der Waals surface area (Å²) in [6.45, 7) is 6.61. The van der Waals surface area contributed by atoms with Gasteiger partial charge in [0.1, 0.15) is 28.0 Å². The Morgan fingerprint density at radius 1 is 1.03 bits per heavy atom. The molecule has 2 aromatic rings.